The highest BCUT2D eigenvalue weighted by atomic mass is 32.2. The molecule has 1 saturated heterocycles. The SMILES string of the molecule is CS(=O)(=O)O.O=[N+]([O-])c1cccc(OCC2CCN2)c1. The third-order valence-corrected chi connectivity index (χ3v) is 2.41. The lowest BCUT2D eigenvalue weighted by molar-refractivity contribution is -0.384. The Hall–Kier alpha value is -1.71. The Morgan fingerprint density at radius 1 is 1.55 bits per heavy atom. The Balaban J connectivity index is 0.000000347. The number of ether oxygens (including phenoxy) is 1. The third kappa shape index (κ3) is 7.02. The summed E-state index contributed by atoms with van der Waals surface area (Å²) in [6.07, 6.45) is 1.82. The normalized spacial score (nSPS) is 17.4. The van der Waals surface area contributed by atoms with Crippen LogP contribution in [0.4, 0.5) is 5.69 Å². The van der Waals surface area contributed by atoms with Crippen molar-refractivity contribution in [1.29, 1.82) is 0 Å². The van der Waals surface area contributed by atoms with Crippen LogP contribution in [0.3, 0.4) is 0 Å². The number of nitrogens with zero attached hydrogens (tertiary/aromatic N) is 1. The van der Waals surface area contributed by atoms with E-state index in [0.717, 1.165) is 13.0 Å². The van der Waals surface area contributed by atoms with Gasteiger partial charge in [0.05, 0.1) is 17.2 Å². The van der Waals surface area contributed by atoms with E-state index >= 15 is 0 Å². The summed E-state index contributed by atoms with van der Waals surface area (Å²) in [5.74, 6) is 0.554. The fourth-order valence-corrected chi connectivity index (χ4v) is 1.37. The summed E-state index contributed by atoms with van der Waals surface area (Å²) in [5.41, 5.74) is 0.0640. The van der Waals surface area contributed by atoms with Crippen molar-refractivity contribution < 1.29 is 22.6 Å². The number of benzene rings is 1. The van der Waals surface area contributed by atoms with Crippen LogP contribution in [0.25, 0.3) is 0 Å². The highest BCUT2D eigenvalue weighted by Gasteiger charge is 2.17. The Labute approximate surface area is 116 Å². The van der Waals surface area contributed by atoms with Gasteiger partial charge in [-0.1, -0.05) is 6.07 Å². The maximum atomic E-state index is 10.5. The molecule has 0 bridgehead atoms. The van der Waals surface area contributed by atoms with Crippen molar-refractivity contribution in [2.75, 3.05) is 19.4 Å². The number of hydrogen-bond donors (Lipinski definition) is 2. The highest BCUT2D eigenvalue weighted by molar-refractivity contribution is 7.85. The first-order chi connectivity index (χ1) is 9.25. The summed E-state index contributed by atoms with van der Waals surface area (Å²) in [5, 5.41) is 13.7. The van der Waals surface area contributed by atoms with Crippen LogP contribution in [-0.2, 0) is 10.1 Å². The minimum atomic E-state index is -3.67. The Morgan fingerprint density at radius 3 is 2.60 bits per heavy atom. The lowest BCUT2D eigenvalue weighted by Gasteiger charge is -2.27. The molecule has 1 heterocycles. The summed E-state index contributed by atoms with van der Waals surface area (Å²) in [4.78, 5) is 10.1. The van der Waals surface area contributed by atoms with Crippen molar-refractivity contribution >= 4 is 15.8 Å². The molecule has 8 nitrogen and oxygen atoms in total. The largest absolute Gasteiger partial charge is 0.492 e. The maximum Gasteiger partial charge on any atom is 0.273 e. The van der Waals surface area contributed by atoms with Crippen LogP contribution in [0.5, 0.6) is 5.75 Å². The Morgan fingerprint density at radius 2 is 2.15 bits per heavy atom. The second kappa shape index (κ2) is 7.17. The van der Waals surface area contributed by atoms with Gasteiger partial charge in [0.25, 0.3) is 15.8 Å². The van der Waals surface area contributed by atoms with E-state index in [4.69, 9.17) is 9.29 Å². The summed E-state index contributed by atoms with van der Waals surface area (Å²) >= 11 is 0. The molecule has 2 rings (SSSR count). The van der Waals surface area contributed by atoms with E-state index < -0.39 is 15.0 Å². The van der Waals surface area contributed by atoms with Crippen LogP contribution in [0, 0.1) is 10.1 Å². The van der Waals surface area contributed by atoms with Crippen LogP contribution in [0.1, 0.15) is 6.42 Å². The molecule has 1 aromatic rings. The minimum Gasteiger partial charge on any atom is -0.492 e. The molecule has 1 aliphatic heterocycles. The van der Waals surface area contributed by atoms with Crippen LogP contribution in [0.2, 0.25) is 0 Å². The van der Waals surface area contributed by atoms with Gasteiger partial charge in [0, 0.05) is 12.1 Å². The topological polar surface area (TPSA) is 119 Å². The van der Waals surface area contributed by atoms with Gasteiger partial charge in [0.15, 0.2) is 0 Å². The van der Waals surface area contributed by atoms with E-state index in [9.17, 15) is 18.5 Å². The summed E-state index contributed by atoms with van der Waals surface area (Å²) in [6, 6.07) is 6.64. The molecular formula is C11H16N2O6S. The van der Waals surface area contributed by atoms with Gasteiger partial charge >= 0.3 is 0 Å². The number of rotatable bonds is 4. The zero-order valence-electron chi connectivity index (χ0n) is 10.9. The zero-order valence-corrected chi connectivity index (χ0v) is 11.7. The number of hydrogen-bond acceptors (Lipinski definition) is 6. The van der Waals surface area contributed by atoms with Gasteiger partial charge in [-0.3, -0.25) is 14.7 Å². The molecule has 0 radical (unpaired) electrons. The number of nitro benzene ring substituents is 1. The number of nitro groups is 1. The smallest absolute Gasteiger partial charge is 0.273 e. The van der Waals surface area contributed by atoms with Gasteiger partial charge in [0.2, 0.25) is 0 Å². The Kier molecular flexibility index (Phi) is 5.86. The van der Waals surface area contributed by atoms with Gasteiger partial charge in [-0.2, -0.15) is 8.42 Å². The lowest BCUT2D eigenvalue weighted by atomic mass is 10.1. The molecule has 20 heavy (non-hydrogen) atoms. The van der Waals surface area contributed by atoms with Crippen LogP contribution in [0.15, 0.2) is 24.3 Å². The molecule has 0 amide bonds. The molecular weight excluding hydrogens is 288 g/mol. The average molecular weight is 304 g/mol. The molecule has 0 aromatic heterocycles. The molecule has 9 heteroatoms. The van der Waals surface area contributed by atoms with Crippen molar-refractivity contribution in [2.45, 2.75) is 12.5 Å². The Bertz CT molecular complexity index is 548. The molecule has 1 aliphatic rings. The average Bonchev–Trinajstić information content (AvgIpc) is 2.25. The van der Waals surface area contributed by atoms with E-state index in [2.05, 4.69) is 5.32 Å². The number of nitrogens with one attached hydrogen (secondary N) is 1. The van der Waals surface area contributed by atoms with Crippen molar-refractivity contribution in [2.24, 2.45) is 0 Å². The molecule has 0 aliphatic carbocycles. The van der Waals surface area contributed by atoms with Crippen molar-refractivity contribution in [3.8, 4) is 5.75 Å². The van der Waals surface area contributed by atoms with Gasteiger partial charge in [-0.15, -0.1) is 0 Å². The van der Waals surface area contributed by atoms with E-state index in [1.807, 2.05) is 0 Å². The molecule has 1 aromatic carbocycles. The van der Waals surface area contributed by atoms with Crippen LogP contribution < -0.4 is 10.1 Å². The van der Waals surface area contributed by atoms with Gasteiger partial charge in [0.1, 0.15) is 12.4 Å². The summed E-state index contributed by atoms with van der Waals surface area (Å²) in [6.45, 7) is 1.60. The first-order valence-corrected chi connectivity index (χ1v) is 7.63. The standard InChI is InChI=1S/C10H12N2O3.CH4O3S/c13-12(14)9-2-1-3-10(6-9)15-7-8-4-5-11-8;1-5(2,3)4/h1-3,6,8,11H,4-5,7H2;1H3,(H,2,3,4). The van der Waals surface area contributed by atoms with Gasteiger partial charge < -0.3 is 10.1 Å². The molecule has 1 unspecified atom stereocenters. The van der Waals surface area contributed by atoms with E-state index in [-0.39, 0.29) is 5.69 Å². The van der Waals surface area contributed by atoms with Crippen LogP contribution >= 0.6 is 0 Å². The molecule has 0 saturated carbocycles. The molecule has 112 valence electrons. The first-order valence-electron chi connectivity index (χ1n) is 5.79. The van der Waals surface area contributed by atoms with Crippen molar-refractivity contribution in [1.82, 2.24) is 5.32 Å². The van der Waals surface area contributed by atoms with Crippen molar-refractivity contribution in [3.63, 3.8) is 0 Å². The second-order valence-electron chi connectivity index (χ2n) is 4.24. The zero-order chi connectivity index (χ0) is 15.2. The summed E-state index contributed by atoms with van der Waals surface area (Å²) in [7, 11) is -3.67. The molecule has 0 spiro atoms. The quantitative estimate of drug-likeness (QED) is 0.480. The lowest BCUT2D eigenvalue weighted by Crippen LogP contribution is -2.46. The van der Waals surface area contributed by atoms with Gasteiger partial charge in [-0.05, 0) is 19.0 Å². The fourth-order valence-electron chi connectivity index (χ4n) is 1.37. The predicted molar refractivity (Wildman–Crippen MR) is 72.5 cm³/mol. The third-order valence-electron chi connectivity index (χ3n) is 2.41. The fraction of sp³-hybridized carbons (Fsp3) is 0.455. The minimum absolute atomic E-state index is 0.0640. The van der Waals surface area contributed by atoms with E-state index in [1.54, 1.807) is 12.1 Å². The number of non-ortho nitro benzene ring substituents is 1. The molecule has 1 fully saturated rings. The van der Waals surface area contributed by atoms with Crippen LogP contribution in [-0.4, -0.2) is 43.3 Å². The monoisotopic (exact) mass is 304 g/mol. The van der Waals surface area contributed by atoms with E-state index in [1.165, 1.54) is 12.1 Å². The predicted octanol–water partition coefficient (Wildman–Crippen LogP) is 0.840. The van der Waals surface area contributed by atoms with Crippen molar-refractivity contribution in [3.05, 3.63) is 34.4 Å². The second-order valence-corrected chi connectivity index (χ2v) is 5.70. The maximum absolute atomic E-state index is 10.5. The first kappa shape index (κ1) is 16.3. The highest BCUT2D eigenvalue weighted by Crippen LogP contribution is 2.19. The molecule has 1 atom stereocenters. The van der Waals surface area contributed by atoms with E-state index in [0.29, 0.717) is 24.7 Å². The molecule has 2 N–H and O–H groups in total. The summed E-state index contributed by atoms with van der Waals surface area (Å²) < 4.78 is 31.3. The van der Waals surface area contributed by atoms with Gasteiger partial charge in [-0.25, -0.2) is 0 Å².